The number of carbonyl (C=O) groups excluding carboxylic acids is 3. The quantitative estimate of drug-likeness (QED) is 0.603. The second kappa shape index (κ2) is 8.06. The number of hydrogen-bond donors (Lipinski definition) is 1. The average molecular weight is 403 g/mol. The largest absolute Gasteiger partial charge is 0.497 e. The summed E-state index contributed by atoms with van der Waals surface area (Å²) in [7, 11) is 0.903. The van der Waals surface area contributed by atoms with E-state index in [4.69, 9.17) is 9.47 Å². The Morgan fingerprint density at radius 2 is 1.96 bits per heavy atom. The summed E-state index contributed by atoms with van der Waals surface area (Å²) >= 11 is 0. The van der Waals surface area contributed by atoms with E-state index in [-0.39, 0.29) is 18.2 Å². The van der Waals surface area contributed by atoms with E-state index in [2.05, 4.69) is 16.8 Å². The zero-order valence-electron chi connectivity index (χ0n) is 17.1. The van der Waals surface area contributed by atoms with Crippen LogP contribution in [0.15, 0.2) is 18.2 Å². The minimum atomic E-state index is -1.85. The van der Waals surface area contributed by atoms with Gasteiger partial charge in [0.1, 0.15) is 13.8 Å². The third-order valence-electron chi connectivity index (χ3n) is 4.38. The zero-order valence-corrected chi connectivity index (χ0v) is 18.1. The number of amides is 2. The predicted octanol–water partition coefficient (Wildman–Crippen LogP) is 2.22. The first kappa shape index (κ1) is 21.5. The second-order valence-corrected chi connectivity index (χ2v) is 12.5. The molecule has 28 heavy (non-hydrogen) atoms. The van der Waals surface area contributed by atoms with E-state index in [1.54, 1.807) is 12.1 Å². The first-order valence-corrected chi connectivity index (χ1v) is 12.4. The minimum absolute atomic E-state index is 0.0647. The van der Waals surface area contributed by atoms with Gasteiger partial charge < -0.3 is 14.4 Å². The maximum atomic E-state index is 12.9. The third kappa shape index (κ3) is 4.73. The van der Waals surface area contributed by atoms with Crippen molar-refractivity contribution >= 4 is 25.9 Å². The lowest BCUT2D eigenvalue weighted by Gasteiger charge is -2.31. The molecular weight excluding hydrogens is 376 g/mol. The molecule has 1 heterocycles. The average Bonchev–Trinajstić information content (AvgIpc) is 2.93. The molecule has 0 spiro atoms. The lowest BCUT2D eigenvalue weighted by atomic mass is 9.95. The summed E-state index contributed by atoms with van der Waals surface area (Å²) < 4.78 is 9.88. The highest BCUT2D eigenvalue weighted by atomic mass is 28.3. The van der Waals surface area contributed by atoms with Gasteiger partial charge in [0, 0.05) is 12.1 Å². The van der Waals surface area contributed by atoms with Crippen molar-refractivity contribution in [3.63, 3.8) is 0 Å². The molecule has 150 valence electrons. The number of carbonyl (C=O) groups is 3. The van der Waals surface area contributed by atoms with Gasteiger partial charge in [-0.15, -0.1) is 5.54 Å². The van der Waals surface area contributed by atoms with Crippen LogP contribution in [0.1, 0.15) is 22.8 Å². The van der Waals surface area contributed by atoms with Gasteiger partial charge >= 0.3 is 6.09 Å². The smallest absolute Gasteiger partial charge is 0.408 e. The number of Topliss-reactive ketones (excluding diaryl/α,β-unsaturated/α-hetero) is 1. The van der Waals surface area contributed by atoms with E-state index in [0.29, 0.717) is 17.9 Å². The highest BCUT2D eigenvalue weighted by Crippen LogP contribution is 2.28. The van der Waals surface area contributed by atoms with Gasteiger partial charge in [0.05, 0.1) is 20.8 Å². The highest BCUT2D eigenvalue weighted by Gasteiger charge is 2.41. The minimum Gasteiger partial charge on any atom is -0.497 e. The maximum Gasteiger partial charge on any atom is 0.408 e. The number of nitrogens with zero attached hydrogens (tertiary/aromatic N) is 1. The van der Waals surface area contributed by atoms with Crippen molar-refractivity contribution < 1.29 is 23.9 Å². The first-order chi connectivity index (χ1) is 13.0. The number of ether oxygens (including phenoxy) is 2. The molecule has 0 bridgehead atoms. The SMILES string of the molecule is COC(=O)N[C@](C#C[Si](C)(C)C)(CN1Cc2ccc(OC)cc2C1=O)C(C)=O. The zero-order chi connectivity index (χ0) is 21.1. The van der Waals surface area contributed by atoms with Gasteiger partial charge in [0.2, 0.25) is 0 Å². The molecule has 0 aliphatic carbocycles. The van der Waals surface area contributed by atoms with Gasteiger partial charge in [-0.05, 0) is 24.6 Å². The van der Waals surface area contributed by atoms with Crippen LogP contribution in [0.25, 0.3) is 0 Å². The standard InChI is InChI=1S/C20H26N2O5Si/c1-14(23)20(21-19(25)27-3,9-10-28(4,5)6)13-22-12-15-7-8-16(26-2)11-17(15)18(22)24/h7-8,11H,12-13H2,1-6H3,(H,21,25)/t20-/m1/s1. The number of hydrogen-bond acceptors (Lipinski definition) is 5. The number of alkyl carbamates (subject to hydrolysis) is 1. The molecule has 2 amide bonds. The molecule has 1 aromatic rings. The topological polar surface area (TPSA) is 84.9 Å². The van der Waals surface area contributed by atoms with Crippen LogP contribution in [-0.4, -0.2) is 57.1 Å². The summed E-state index contributed by atoms with van der Waals surface area (Å²) in [5.74, 6) is 2.96. The molecule has 0 radical (unpaired) electrons. The monoisotopic (exact) mass is 402 g/mol. The Balaban J connectivity index is 2.41. The molecule has 7 nitrogen and oxygen atoms in total. The van der Waals surface area contributed by atoms with Crippen LogP contribution in [0.3, 0.4) is 0 Å². The Labute approximate surface area is 166 Å². The summed E-state index contributed by atoms with van der Waals surface area (Å²) in [6, 6.07) is 5.28. The van der Waals surface area contributed by atoms with Crippen LogP contribution < -0.4 is 10.1 Å². The van der Waals surface area contributed by atoms with E-state index in [0.717, 1.165) is 5.56 Å². The molecule has 1 aliphatic rings. The number of ketones is 1. The van der Waals surface area contributed by atoms with Crippen LogP contribution in [0.2, 0.25) is 19.6 Å². The molecule has 0 unspecified atom stereocenters. The van der Waals surface area contributed by atoms with Crippen molar-refractivity contribution in [2.24, 2.45) is 0 Å². The van der Waals surface area contributed by atoms with Gasteiger partial charge in [-0.25, -0.2) is 4.79 Å². The fourth-order valence-electron chi connectivity index (χ4n) is 2.80. The number of methoxy groups -OCH3 is 2. The maximum absolute atomic E-state index is 12.9. The third-order valence-corrected chi connectivity index (χ3v) is 5.25. The molecule has 1 aromatic carbocycles. The number of fused-ring (bicyclic) bond motifs is 1. The van der Waals surface area contributed by atoms with Crippen molar-refractivity contribution in [2.45, 2.75) is 38.6 Å². The van der Waals surface area contributed by atoms with Gasteiger partial charge in [0.15, 0.2) is 11.3 Å². The van der Waals surface area contributed by atoms with Gasteiger partial charge in [-0.1, -0.05) is 31.6 Å². The van der Waals surface area contributed by atoms with E-state index in [1.165, 1.54) is 26.0 Å². The van der Waals surface area contributed by atoms with Gasteiger partial charge in [-0.3, -0.25) is 14.9 Å². The molecule has 1 atom stereocenters. The molecule has 1 N–H and O–H groups in total. The predicted molar refractivity (Wildman–Crippen MR) is 108 cm³/mol. The molecule has 1 aliphatic heterocycles. The number of benzene rings is 1. The lowest BCUT2D eigenvalue weighted by molar-refractivity contribution is -0.121. The lowest BCUT2D eigenvalue weighted by Crippen LogP contribution is -2.59. The Morgan fingerprint density at radius 3 is 2.50 bits per heavy atom. The van der Waals surface area contributed by atoms with E-state index in [9.17, 15) is 14.4 Å². The molecule has 0 saturated heterocycles. The Bertz CT molecular complexity index is 866. The molecule has 0 fully saturated rings. The summed E-state index contributed by atoms with van der Waals surface area (Å²) in [5.41, 5.74) is 2.96. The van der Waals surface area contributed by atoms with Crippen LogP contribution in [-0.2, 0) is 16.1 Å². The molecular formula is C20H26N2O5Si. The van der Waals surface area contributed by atoms with Crippen molar-refractivity contribution in [1.29, 1.82) is 0 Å². The fourth-order valence-corrected chi connectivity index (χ4v) is 3.39. The summed E-state index contributed by atoms with van der Waals surface area (Å²) in [6.45, 7) is 7.71. The van der Waals surface area contributed by atoms with Crippen molar-refractivity contribution in [2.75, 3.05) is 20.8 Å². The molecule has 0 saturated carbocycles. The number of rotatable bonds is 5. The normalized spacial score (nSPS) is 15.1. The van der Waals surface area contributed by atoms with Crippen LogP contribution in [0, 0.1) is 11.5 Å². The van der Waals surface area contributed by atoms with Crippen molar-refractivity contribution in [3.05, 3.63) is 29.3 Å². The molecule has 2 rings (SSSR count). The number of nitrogens with one attached hydrogen (secondary N) is 1. The van der Waals surface area contributed by atoms with E-state index >= 15 is 0 Å². The molecule has 0 aromatic heterocycles. The fraction of sp³-hybridized carbons (Fsp3) is 0.450. The first-order valence-electron chi connectivity index (χ1n) is 8.89. The highest BCUT2D eigenvalue weighted by molar-refractivity contribution is 6.83. The Hall–Kier alpha value is -2.79. The summed E-state index contributed by atoms with van der Waals surface area (Å²) in [4.78, 5) is 38.9. The summed E-state index contributed by atoms with van der Waals surface area (Å²) in [5, 5.41) is 2.57. The van der Waals surface area contributed by atoms with Crippen molar-refractivity contribution in [1.82, 2.24) is 10.2 Å². The summed E-state index contributed by atoms with van der Waals surface area (Å²) in [6.07, 6.45) is -0.772. The van der Waals surface area contributed by atoms with Gasteiger partial charge in [-0.2, -0.15) is 0 Å². The van der Waals surface area contributed by atoms with Gasteiger partial charge in [0.25, 0.3) is 5.91 Å². The Kier molecular flexibility index (Phi) is 6.19. The second-order valence-electron chi connectivity index (χ2n) is 7.76. The Morgan fingerprint density at radius 1 is 1.29 bits per heavy atom. The van der Waals surface area contributed by atoms with Crippen LogP contribution >= 0.6 is 0 Å². The van der Waals surface area contributed by atoms with Crippen LogP contribution in [0.4, 0.5) is 4.79 Å². The van der Waals surface area contributed by atoms with E-state index < -0.39 is 19.7 Å². The molecule has 8 heteroatoms. The van der Waals surface area contributed by atoms with E-state index in [1.807, 2.05) is 25.7 Å². The van der Waals surface area contributed by atoms with Crippen molar-refractivity contribution in [3.8, 4) is 17.2 Å². The van der Waals surface area contributed by atoms with Crippen LogP contribution in [0.5, 0.6) is 5.75 Å².